The molecule has 0 radical (unpaired) electrons. The molecule has 21 heavy (non-hydrogen) atoms. The van der Waals surface area contributed by atoms with Gasteiger partial charge in [0.2, 0.25) is 0 Å². The van der Waals surface area contributed by atoms with E-state index in [1.807, 2.05) is 0 Å². The molecule has 3 nitrogen and oxygen atoms in total. The van der Waals surface area contributed by atoms with Gasteiger partial charge in [0.05, 0.1) is 24.2 Å². The molecule has 0 atom stereocenters. The third kappa shape index (κ3) is 2.23. The molecule has 2 aromatic carbocycles. The number of ether oxygens (including phenoxy) is 1. The Hall–Kier alpha value is -2.14. The second-order valence-corrected chi connectivity index (χ2v) is 4.69. The summed E-state index contributed by atoms with van der Waals surface area (Å²) in [5.74, 6) is -0.754. The molecule has 1 aromatic heterocycles. The van der Waals surface area contributed by atoms with Crippen LogP contribution in [0.25, 0.3) is 16.7 Å². The van der Waals surface area contributed by atoms with Crippen LogP contribution in [0.15, 0.2) is 36.4 Å². The van der Waals surface area contributed by atoms with E-state index in [-0.39, 0.29) is 11.4 Å². The first-order valence-corrected chi connectivity index (χ1v) is 6.75. The Kier molecular flexibility index (Phi) is 3.51. The number of hydrogen-bond donors (Lipinski definition) is 0. The minimum Gasteiger partial charge on any atom is -0.497 e. The number of nitrogens with zero attached hydrogens (tertiary/aromatic N) is 2. The van der Waals surface area contributed by atoms with E-state index in [0.717, 1.165) is 6.07 Å². The normalized spacial score (nSPS) is 11.0. The summed E-state index contributed by atoms with van der Waals surface area (Å²) < 4.78 is 34.4. The van der Waals surface area contributed by atoms with Crippen LogP contribution in [0.3, 0.4) is 0 Å². The van der Waals surface area contributed by atoms with Crippen LogP contribution in [-0.2, 0) is 5.88 Å². The number of imidazole rings is 1. The Morgan fingerprint density at radius 2 is 2.05 bits per heavy atom. The van der Waals surface area contributed by atoms with E-state index in [4.69, 9.17) is 16.3 Å². The lowest BCUT2D eigenvalue weighted by Gasteiger charge is -2.10. The number of hydrogen-bond acceptors (Lipinski definition) is 2. The first kappa shape index (κ1) is 13.8. The molecule has 0 aliphatic rings. The van der Waals surface area contributed by atoms with Crippen molar-refractivity contribution in [3.05, 3.63) is 53.9 Å². The standard InChI is InChI=1S/C15H11ClF2N2O/c1-21-10-4-2-3-9(7-10)20-13(8-16)19-12-6-5-11(17)14(18)15(12)20/h2-7H,8H2,1H3. The maximum atomic E-state index is 14.2. The SMILES string of the molecule is COc1cccc(-n2c(CCl)nc3ccc(F)c(F)c32)c1. The van der Waals surface area contributed by atoms with E-state index >= 15 is 0 Å². The number of halogens is 3. The van der Waals surface area contributed by atoms with Gasteiger partial charge in [-0.05, 0) is 24.3 Å². The second-order valence-electron chi connectivity index (χ2n) is 4.43. The largest absolute Gasteiger partial charge is 0.497 e. The van der Waals surface area contributed by atoms with Crippen molar-refractivity contribution in [3.8, 4) is 11.4 Å². The predicted molar refractivity (Wildman–Crippen MR) is 77.1 cm³/mol. The van der Waals surface area contributed by atoms with Crippen LogP contribution in [0.5, 0.6) is 5.75 Å². The highest BCUT2D eigenvalue weighted by molar-refractivity contribution is 6.17. The minimum absolute atomic E-state index is 0.0684. The van der Waals surface area contributed by atoms with Gasteiger partial charge in [0, 0.05) is 6.07 Å². The molecule has 0 fully saturated rings. The summed E-state index contributed by atoms with van der Waals surface area (Å²) in [6.45, 7) is 0. The molecule has 0 saturated carbocycles. The van der Waals surface area contributed by atoms with Gasteiger partial charge in [0.1, 0.15) is 17.1 Å². The van der Waals surface area contributed by atoms with Gasteiger partial charge in [-0.15, -0.1) is 11.6 Å². The first-order chi connectivity index (χ1) is 10.2. The van der Waals surface area contributed by atoms with Crippen LogP contribution in [0.2, 0.25) is 0 Å². The predicted octanol–water partition coefficient (Wildman–Crippen LogP) is 4.05. The molecule has 3 rings (SSSR count). The van der Waals surface area contributed by atoms with Crippen molar-refractivity contribution in [2.45, 2.75) is 5.88 Å². The zero-order valence-corrected chi connectivity index (χ0v) is 11.9. The van der Waals surface area contributed by atoms with Crippen molar-refractivity contribution in [2.24, 2.45) is 0 Å². The number of methoxy groups -OCH3 is 1. The Balaban J connectivity index is 2.36. The zero-order valence-electron chi connectivity index (χ0n) is 11.1. The van der Waals surface area contributed by atoms with Crippen LogP contribution in [0.4, 0.5) is 8.78 Å². The summed E-state index contributed by atoms with van der Waals surface area (Å²) in [7, 11) is 1.54. The van der Waals surface area contributed by atoms with Crippen LogP contribution in [0.1, 0.15) is 5.82 Å². The summed E-state index contributed by atoms with van der Waals surface area (Å²) in [6, 6.07) is 9.47. The summed E-state index contributed by atoms with van der Waals surface area (Å²) >= 11 is 5.89. The number of fused-ring (bicyclic) bond motifs is 1. The third-order valence-electron chi connectivity index (χ3n) is 3.21. The Morgan fingerprint density at radius 1 is 1.24 bits per heavy atom. The Bertz CT molecular complexity index is 817. The lowest BCUT2D eigenvalue weighted by atomic mass is 10.2. The second kappa shape index (κ2) is 5.33. The molecule has 3 aromatic rings. The molecule has 0 bridgehead atoms. The monoisotopic (exact) mass is 308 g/mol. The number of aromatic nitrogens is 2. The molecular weight excluding hydrogens is 298 g/mol. The fourth-order valence-corrected chi connectivity index (χ4v) is 2.45. The fourth-order valence-electron chi connectivity index (χ4n) is 2.27. The van der Waals surface area contributed by atoms with Crippen molar-refractivity contribution in [3.63, 3.8) is 0 Å². The maximum absolute atomic E-state index is 14.2. The molecule has 108 valence electrons. The van der Waals surface area contributed by atoms with Gasteiger partial charge in [-0.3, -0.25) is 4.57 Å². The summed E-state index contributed by atoms with van der Waals surface area (Å²) in [6.07, 6.45) is 0. The van der Waals surface area contributed by atoms with Gasteiger partial charge in [0.25, 0.3) is 0 Å². The number of alkyl halides is 1. The van der Waals surface area contributed by atoms with E-state index in [9.17, 15) is 8.78 Å². The summed E-state index contributed by atoms with van der Waals surface area (Å²) in [4.78, 5) is 4.25. The van der Waals surface area contributed by atoms with Crippen molar-refractivity contribution in [1.82, 2.24) is 9.55 Å². The molecular formula is C15H11ClF2N2O. The smallest absolute Gasteiger partial charge is 0.185 e. The number of benzene rings is 2. The van der Waals surface area contributed by atoms with Crippen molar-refractivity contribution >= 4 is 22.6 Å². The molecule has 0 aliphatic carbocycles. The highest BCUT2D eigenvalue weighted by Gasteiger charge is 2.18. The van der Waals surface area contributed by atoms with Gasteiger partial charge in [-0.2, -0.15) is 0 Å². The zero-order chi connectivity index (χ0) is 15.0. The van der Waals surface area contributed by atoms with Crippen molar-refractivity contribution < 1.29 is 13.5 Å². The summed E-state index contributed by atoms with van der Waals surface area (Å²) in [5, 5.41) is 0. The maximum Gasteiger partial charge on any atom is 0.185 e. The Morgan fingerprint density at radius 3 is 2.76 bits per heavy atom. The van der Waals surface area contributed by atoms with Crippen LogP contribution < -0.4 is 4.74 Å². The van der Waals surface area contributed by atoms with E-state index < -0.39 is 11.6 Å². The van der Waals surface area contributed by atoms with E-state index in [1.54, 1.807) is 24.3 Å². The topological polar surface area (TPSA) is 27.1 Å². The molecule has 0 N–H and O–H groups in total. The van der Waals surface area contributed by atoms with E-state index in [2.05, 4.69) is 4.98 Å². The van der Waals surface area contributed by atoms with Gasteiger partial charge >= 0.3 is 0 Å². The highest BCUT2D eigenvalue weighted by atomic mass is 35.5. The number of rotatable bonds is 3. The first-order valence-electron chi connectivity index (χ1n) is 6.21. The average Bonchev–Trinajstić information content (AvgIpc) is 2.90. The quantitative estimate of drug-likeness (QED) is 0.683. The molecule has 0 spiro atoms. The van der Waals surface area contributed by atoms with E-state index in [1.165, 1.54) is 17.7 Å². The molecule has 1 heterocycles. The third-order valence-corrected chi connectivity index (χ3v) is 3.45. The molecule has 0 amide bonds. The van der Waals surface area contributed by atoms with Gasteiger partial charge < -0.3 is 4.74 Å². The Labute approximate surface area is 124 Å². The minimum atomic E-state index is -0.945. The fraction of sp³-hybridized carbons (Fsp3) is 0.133. The van der Waals surface area contributed by atoms with Crippen molar-refractivity contribution in [2.75, 3.05) is 7.11 Å². The highest BCUT2D eigenvalue weighted by Crippen LogP contribution is 2.28. The lowest BCUT2D eigenvalue weighted by Crippen LogP contribution is -2.01. The molecule has 0 aliphatic heterocycles. The summed E-state index contributed by atoms with van der Waals surface area (Å²) in [5.41, 5.74) is 1.03. The molecule has 0 unspecified atom stereocenters. The lowest BCUT2D eigenvalue weighted by molar-refractivity contribution is 0.414. The van der Waals surface area contributed by atoms with E-state index in [0.29, 0.717) is 22.8 Å². The van der Waals surface area contributed by atoms with Gasteiger partial charge in [-0.25, -0.2) is 13.8 Å². The van der Waals surface area contributed by atoms with Gasteiger partial charge in [-0.1, -0.05) is 6.07 Å². The van der Waals surface area contributed by atoms with Crippen LogP contribution in [0, 0.1) is 11.6 Å². The average molecular weight is 309 g/mol. The van der Waals surface area contributed by atoms with Crippen LogP contribution in [-0.4, -0.2) is 16.7 Å². The van der Waals surface area contributed by atoms with Gasteiger partial charge in [0.15, 0.2) is 11.6 Å². The molecule has 6 heteroatoms. The van der Waals surface area contributed by atoms with Crippen LogP contribution >= 0.6 is 11.6 Å². The van der Waals surface area contributed by atoms with Crippen molar-refractivity contribution in [1.29, 1.82) is 0 Å². The molecule has 0 saturated heterocycles.